The van der Waals surface area contributed by atoms with Gasteiger partial charge in [-0.3, -0.25) is 0 Å². The number of para-hydroxylation sites is 1. The zero-order chi connectivity index (χ0) is 14.5. The van der Waals surface area contributed by atoms with Crippen LogP contribution < -0.4 is 10.1 Å². The van der Waals surface area contributed by atoms with E-state index in [1.54, 1.807) is 0 Å². The van der Waals surface area contributed by atoms with Gasteiger partial charge in [0.1, 0.15) is 11.5 Å². The Morgan fingerprint density at radius 1 is 0.857 bits per heavy atom. The summed E-state index contributed by atoms with van der Waals surface area (Å²) < 4.78 is 5.77. The summed E-state index contributed by atoms with van der Waals surface area (Å²) >= 11 is 0. The Bertz CT molecular complexity index is 553. The molecule has 0 bridgehead atoms. The molecule has 1 saturated carbocycles. The second kappa shape index (κ2) is 6.64. The van der Waals surface area contributed by atoms with Crippen LogP contribution in [0.3, 0.4) is 0 Å². The molecule has 0 aliphatic heterocycles. The minimum atomic E-state index is -0.237. The van der Waals surface area contributed by atoms with Crippen LogP contribution in [-0.2, 0) is 0 Å². The van der Waals surface area contributed by atoms with Crippen LogP contribution in [0.25, 0.3) is 0 Å². The van der Waals surface area contributed by atoms with Crippen molar-refractivity contribution in [1.82, 2.24) is 0 Å². The normalized spacial score (nSPS) is 21.8. The first-order chi connectivity index (χ1) is 10.3. The number of ether oxygens (including phenoxy) is 1. The number of hydrogen-bond donors (Lipinski definition) is 2. The van der Waals surface area contributed by atoms with E-state index in [9.17, 15) is 5.11 Å². The zero-order valence-corrected chi connectivity index (χ0v) is 12.0. The van der Waals surface area contributed by atoms with Crippen molar-refractivity contribution in [3.05, 3.63) is 54.6 Å². The van der Waals surface area contributed by atoms with Gasteiger partial charge in [0.05, 0.1) is 12.1 Å². The molecule has 0 saturated heterocycles. The highest BCUT2D eigenvalue weighted by Crippen LogP contribution is 2.25. The summed E-state index contributed by atoms with van der Waals surface area (Å²) in [4.78, 5) is 0. The molecule has 0 radical (unpaired) electrons. The maximum atomic E-state index is 9.99. The highest BCUT2D eigenvalue weighted by atomic mass is 16.5. The van der Waals surface area contributed by atoms with Gasteiger partial charge in [-0.25, -0.2) is 0 Å². The Kier molecular flexibility index (Phi) is 4.41. The van der Waals surface area contributed by atoms with Crippen LogP contribution in [0.2, 0.25) is 0 Å². The van der Waals surface area contributed by atoms with Crippen molar-refractivity contribution in [3.63, 3.8) is 0 Å². The van der Waals surface area contributed by atoms with E-state index >= 15 is 0 Å². The second-order valence-corrected chi connectivity index (χ2v) is 5.54. The Labute approximate surface area is 125 Å². The first-order valence-electron chi connectivity index (χ1n) is 7.59. The Balaban J connectivity index is 1.61. The second-order valence-electron chi connectivity index (χ2n) is 5.54. The van der Waals surface area contributed by atoms with E-state index in [2.05, 4.69) is 5.32 Å². The summed E-state index contributed by atoms with van der Waals surface area (Å²) in [5, 5.41) is 13.4. The maximum Gasteiger partial charge on any atom is 0.127 e. The predicted molar refractivity (Wildman–Crippen MR) is 84.8 cm³/mol. The molecular formula is C18H21NO2. The molecule has 3 nitrogen and oxygen atoms in total. The number of nitrogens with one attached hydrogen (secondary N) is 1. The van der Waals surface area contributed by atoms with Gasteiger partial charge in [-0.1, -0.05) is 31.0 Å². The fraction of sp³-hybridized carbons (Fsp3) is 0.333. The van der Waals surface area contributed by atoms with E-state index in [1.165, 1.54) is 6.42 Å². The van der Waals surface area contributed by atoms with Crippen LogP contribution in [0.5, 0.6) is 11.5 Å². The smallest absolute Gasteiger partial charge is 0.127 e. The van der Waals surface area contributed by atoms with Gasteiger partial charge < -0.3 is 15.2 Å². The van der Waals surface area contributed by atoms with Gasteiger partial charge in [0, 0.05) is 5.69 Å². The largest absolute Gasteiger partial charge is 0.457 e. The van der Waals surface area contributed by atoms with E-state index in [0.29, 0.717) is 0 Å². The molecule has 110 valence electrons. The molecule has 1 aliphatic carbocycles. The monoisotopic (exact) mass is 283 g/mol. The summed E-state index contributed by atoms with van der Waals surface area (Å²) in [6, 6.07) is 17.8. The fourth-order valence-electron chi connectivity index (χ4n) is 2.74. The highest BCUT2D eigenvalue weighted by Gasteiger charge is 2.22. The van der Waals surface area contributed by atoms with Crippen LogP contribution >= 0.6 is 0 Å². The molecule has 2 aromatic rings. The average Bonchev–Trinajstić information content (AvgIpc) is 2.52. The summed E-state index contributed by atoms with van der Waals surface area (Å²) in [5.74, 6) is 1.65. The number of aliphatic hydroxyl groups excluding tert-OH is 1. The van der Waals surface area contributed by atoms with E-state index < -0.39 is 0 Å². The summed E-state index contributed by atoms with van der Waals surface area (Å²) in [6.07, 6.45) is 4.00. The first kappa shape index (κ1) is 14.0. The highest BCUT2D eigenvalue weighted by molar-refractivity contribution is 5.48. The zero-order valence-electron chi connectivity index (χ0n) is 12.0. The quantitative estimate of drug-likeness (QED) is 0.884. The van der Waals surface area contributed by atoms with Crippen molar-refractivity contribution in [2.45, 2.75) is 37.8 Å². The van der Waals surface area contributed by atoms with E-state index in [4.69, 9.17) is 4.74 Å². The maximum absolute atomic E-state index is 9.99. The molecule has 1 fully saturated rings. The molecule has 2 aromatic carbocycles. The van der Waals surface area contributed by atoms with Crippen LogP contribution in [0.1, 0.15) is 25.7 Å². The van der Waals surface area contributed by atoms with E-state index in [1.807, 2.05) is 54.6 Å². The lowest BCUT2D eigenvalue weighted by molar-refractivity contribution is 0.116. The number of benzene rings is 2. The molecule has 0 heterocycles. The standard InChI is InChI=1S/C18H21NO2/c20-18-9-5-4-8-17(18)19-14-10-12-16(13-11-14)21-15-6-2-1-3-7-15/h1-3,6-7,10-13,17-20H,4-5,8-9H2/t17-,18-/m1/s1. The third kappa shape index (κ3) is 3.76. The molecule has 0 amide bonds. The van der Waals surface area contributed by atoms with Crippen LogP contribution in [0, 0.1) is 0 Å². The van der Waals surface area contributed by atoms with Crippen LogP contribution in [0.4, 0.5) is 5.69 Å². The van der Waals surface area contributed by atoms with Crippen molar-refractivity contribution in [3.8, 4) is 11.5 Å². The lowest BCUT2D eigenvalue weighted by Crippen LogP contribution is -2.36. The van der Waals surface area contributed by atoms with E-state index in [-0.39, 0.29) is 12.1 Å². The molecule has 0 unspecified atom stereocenters. The van der Waals surface area contributed by atoms with Gasteiger partial charge >= 0.3 is 0 Å². The molecule has 1 aliphatic rings. The first-order valence-corrected chi connectivity index (χ1v) is 7.59. The van der Waals surface area contributed by atoms with Gasteiger partial charge in [0.25, 0.3) is 0 Å². The third-order valence-electron chi connectivity index (χ3n) is 3.91. The van der Waals surface area contributed by atoms with Crippen molar-refractivity contribution in [2.75, 3.05) is 5.32 Å². The molecule has 0 aromatic heterocycles. The van der Waals surface area contributed by atoms with E-state index in [0.717, 1.165) is 36.4 Å². The molecule has 21 heavy (non-hydrogen) atoms. The molecule has 3 heteroatoms. The van der Waals surface area contributed by atoms with Gasteiger partial charge in [0.2, 0.25) is 0 Å². The number of aliphatic hydroxyl groups is 1. The van der Waals surface area contributed by atoms with Crippen molar-refractivity contribution in [2.24, 2.45) is 0 Å². The summed E-state index contributed by atoms with van der Waals surface area (Å²) in [5.41, 5.74) is 1.03. The third-order valence-corrected chi connectivity index (χ3v) is 3.91. The molecule has 2 N–H and O–H groups in total. The minimum Gasteiger partial charge on any atom is -0.457 e. The van der Waals surface area contributed by atoms with Gasteiger partial charge in [-0.15, -0.1) is 0 Å². The number of hydrogen-bond acceptors (Lipinski definition) is 3. The minimum absolute atomic E-state index is 0.166. The van der Waals surface area contributed by atoms with Gasteiger partial charge in [-0.2, -0.15) is 0 Å². The summed E-state index contributed by atoms with van der Waals surface area (Å²) in [7, 11) is 0. The number of rotatable bonds is 4. The molecular weight excluding hydrogens is 262 g/mol. The van der Waals surface area contributed by atoms with Gasteiger partial charge in [0.15, 0.2) is 0 Å². The number of anilines is 1. The Morgan fingerprint density at radius 2 is 1.52 bits per heavy atom. The summed E-state index contributed by atoms with van der Waals surface area (Å²) in [6.45, 7) is 0. The SMILES string of the molecule is O[C@@H]1CCCC[C@H]1Nc1ccc(Oc2ccccc2)cc1. The van der Waals surface area contributed by atoms with Crippen LogP contribution in [0.15, 0.2) is 54.6 Å². The van der Waals surface area contributed by atoms with Crippen molar-refractivity contribution >= 4 is 5.69 Å². The predicted octanol–water partition coefficient (Wildman–Crippen LogP) is 4.19. The molecule has 3 rings (SSSR count). The van der Waals surface area contributed by atoms with Crippen molar-refractivity contribution < 1.29 is 9.84 Å². The molecule has 2 atom stereocenters. The Hall–Kier alpha value is -2.00. The topological polar surface area (TPSA) is 41.5 Å². The lowest BCUT2D eigenvalue weighted by atomic mass is 9.92. The fourth-order valence-corrected chi connectivity index (χ4v) is 2.74. The lowest BCUT2D eigenvalue weighted by Gasteiger charge is -2.29. The average molecular weight is 283 g/mol. The van der Waals surface area contributed by atoms with Crippen LogP contribution in [-0.4, -0.2) is 17.3 Å². The van der Waals surface area contributed by atoms with Gasteiger partial charge in [-0.05, 0) is 49.2 Å². The Morgan fingerprint density at radius 3 is 2.24 bits per heavy atom. The van der Waals surface area contributed by atoms with Crippen molar-refractivity contribution in [1.29, 1.82) is 0 Å². The molecule has 0 spiro atoms.